The van der Waals surface area contributed by atoms with E-state index >= 15 is 0 Å². The van der Waals surface area contributed by atoms with Crippen LogP contribution in [0, 0.1) is 5.92 Å². The van der Waals surface area contributed by atoms with Gasteiger partial charge in [0.1, 0.15) is 0 Å². The SMILES string of the molecule is CC(=O)Nc1ccc(S(=O)(=O)N2CCN(C(=O)CC(C)C)CC2)cc1. The Hall–Kier alpha value is -1.93. The Morgan fingerprint density at radius 3 is 2.12 bits per heavy atom. The third kappa shape index (κ3) is 5.02. The van der Waals surface area contributed by atoms with E-state index in [4.69, 9.17) is 0 Å². The highest BCUT2D eigenvalue weighted by atomic mass is 32.2. The van der Waals surface area contributed by atoms with Crippen molar-refractivity contribution in [2.45, 2.75) is 32.1 Å². The Bertz CT molecular complexity index is 721. The Balaban J connectivity index is 2.01. The molecule has 1 saturated heterocycles. The van der Waals surface area contributed by atoms with Gasteiger partial charge in [0.05, 0.1) is 4.90 Å². The number of anilines is 1. The van der Waals surface area contributed by atoms with Crippen LogP contribution in [0.1, 0.15) is 27.2 Å². The van der Waals surface area contributed by atoms with Gasteiger partial charge in [0, 0.05) is 45.2 Å². The number of sulfonamides is 1. The van der Waals surface area contributed by atoms with E-state index < -0.39 is 10.0 Å². The number of amides is 2. The summed E-state index contributed by atoms with van der Waals surface area (Å²) in [6.45, 7) is 6.78. The van der Waals surface area contributed by atoms with Crippen molar-refractivity contribution in [3.05, 3.63) is 24.3 Å². The van der Waals surface area contributed by atoms with Crippen LogP contribution in [0.3, 0.4) is 0 Å². The van der Waals surface area contributed by atoms with Crippen molar-refractivity contribution < 1.29 is 18.0 Å². The summed E-state index contributed by atoms with van der Waals surface area (Å²) in [4.78, 5) is 25.0. The Kier molecular flexibility index (Phi) is 6.18. The van der Waals surface area contributed by atoms with Crippen LogP contribution in [-0.2, 0) is 19.6 Å². The van der Waals surface area contributed by atoms with E-state index in [0.29, 0.717) is 38.3 Å². The van der Waals surface area contributed by atoms with Gasteiger partial charge in [0.2, 0.25) is 21.8 Å². The molecule has 1 fully saturated rings. The molecule has 0 saturated carbocycles. The standard InChI is InChI=1S/C17H25N3O4S/c1-13(2)12-17(22)19-8-10-20(11-9-19)25(23,24)16-6-4-15(5-7-16)18-14(3)21/h4-7,13H,8-12H2,1-3H3,(H,18,21). The Labute approximate surface area is 149 Å². The summed E-state index contributed by atoms with van der Waals surface area (Å²) in [5.74, 6) is 0.154. The van der Waals surface area contributed by atoms with Crippen LogP contribution in [-0.4, -0.2) is 55.6 Å². The first-order valence-electron chi connectivity index (χ1n) is 8.35. The number of benzene rings is 1. The zero-order valence-electron chi connectivity index (χ0n) is 14.9. The summed E-state index contributed by atoms with van der Waals surface area (Å²) >= 11 is 0. The molecule has 1 heterocycles. The number of nitrogens with zero attached hydrogens (tertiary/aromatic N) is 2. The van der Waals surface area contributed by atoms with Crippen molar-refractivity contribution >= 4 is 27.5 Å². The monoisotopic (exact) mass is 367 g/mol. The average Bonchev–Trinajstić information content (AvgIpc) is 2.54. The molecule has 0 spiro atoms. The first-order valence-corrected chi connectivity index (χ1v) is 9.79. The fourth-order valence-corrected chi connectivity index (χ4v) is 4.14. The third-order valence-electron chi connectivity index (χ3n) is 3.99. The van der Waals surface area contributed by atoms with Gasteiger partial charge in [-0.15, -0.1) is 0 Å². The summed E-state index contributed by atoms with van der Waals surface area (Å²) in [6.07, 6.45) is 0.483. The molecule has 1 N–H and O–H groups in total. The maximum absolute atomic E-state index is 12.7. The van der Waals surface area contributed by atoms with Crippen LogP contribution < -0.4 is 5.32 Å². The lowest BCUT2D eigenvalue weighted by Crippen LogP contribution is -2.50. The van der Waals surface area contributed by atoms with E-state index in [9.17, 15) is 18.0 Å². The molecule has 0 atom stereocenters. The van der Waals surface area contributed by atoms with E-state index in [-0.39, 0.29) is 22.6 Å². The van der Waals surface area contributed by atoms with Crippen molar-refractivity contribution in [1.29, 1.82) is 0 Å². The van der Waals surface area contributed by atoms with Crippen molar-refractivity contribution in [2.24, 2.45) is 5.92 Å². The predicted molar refractivity (Wildman–Crippen MR) is 95.5 cm³/mol. The van der Waals surface area contributed by atoms with Gasteiger partial charge in [0.25, 0.3) is 0 Å². The van der Waals surface area contributed by atoms with Gasteiger partial charge in [0.15, 0.2) is 0 Å². The van der Waals surface area contributed by atoms with Crippen LogP contribution in [0.2, 0.25) is 0 Å². The number of hydrogen-bond donors (Lipinski definition) is 1. The molecule has 8 heteroatoms. The van der Waals surface area contributed by atoms with Gasteiger partial charge in [-0.2, -0.15) is 4.31 Å². The van der Waals surface area contributed by atoms with Gasteiger partial charge < -0.3 is 10.2 Å². The molecular weight excluding hydrogens is 342 g/mol. The van der Waals surface area contributed by atoms with Crippen LogP contribution >= 0.6 is 0 Å². The van der Waals surface area contributed by atoms with Crippen molar-refractivity contribution in [1.82, 2.24) is 9.21 Å². The lowest BCUT2D eigenvalue weighted by molar-refractivity contribution is -0.133. The summed E-state index contributed by atoms with van der Waals surface area (Å²) in [6, 6.07) is 6.10. The average molecular weight is 367 g/mol. The van der Waals surface area contributed by atoms with Gasteiger partial charge in [-0.25, -0.2) is 8.42 Å². The molecule has 1 aromatic carbocycles. The molecule has 0 bridgehead atoms. The fourth-order valence-electron chi connectivity index (χ4n) is 2.72. The quantitative estimate of drug-likeness (QED) is 0.855. The lowest BCUT2D eigenvalue weighted by atomic mass is 10.1. The summed E-state index contributed by atoms with van der Waals surface area (Å²) in [7, 11) is -3.60. The Morgan fingerprint density at radius 1 is 1.08 bits per heavy atom. The second-order valence-corrected chi connectivity index (χ2v) is 8.53. The highest BCUT2D eigenvalue weighted by Gasteiger charge is 2.30. The summed E-state index contributed by atoms with van der Waals surface area (Å²) in [5.41, 5.74) is 0.551. The number of nitrogens with one attached hydrogen (secondary N) is 1. The topological polar surface area (TPSA) is 86.8 Å². The van der Waals surface area contributed by atoms with E-state index in [0.717, 1.165) is 0 Å². The second-order valence-electron chi connectivity index (χ2n) is 6.59. The summed E-state index contributed by atoms with van der Waals surface area (Å²) < 4.78 is 26.8. The minimum Gasteiger partial charge on any atom is -0.340 e. The third-order valence-corrected chi connectivity index (χ3v) is 5.90. The fraction of sp³-hybridized carbons (Fsp3) is 0.529. The minimum absolute atomic E-state index is 0.0757. The molecule has 2 rings (SSSR count). The molecule has 0 radical (unpaired) electrons. The smallest absolute Gasteiger partial charge is 0.243 e. The molecule has 0 aliphatic carbocycles. The lowest BCUT2D eigenvalue weighted by Gasteiger charge is -2.34. The molecular formula is C17H25N3O4S. The number of carbonyl (C=O) groups is 2. The largest absolute Gasteiger partial charge is 0.340 e. The van der Waals surface area contributed by atoms with E-state index in [1.807, 2.05) is 13.8 Å². The van der Waals surface area contributed by atoms with Crippen molar-refractivity contribution in [2.75, 3.05) is 31.5 Å². The maximum atomic E-state index is 12.7. The van der Waals surface area contributed by atoms with E-state index in [1.54, 1.807) is 17.0 Å². The minimum atomic E-state index is -3.60. The van der Waals surface area contributed by atoms with Gasteiger partial charge >= 0.3 is 0 Å². The highest BCUT2D eigenvalue weighted by Crippen LogP contribution is 2.20. The van der Waals surface area contributed by atoms with Crippen LogP contribution in [0.25, 0.3) is 0 Å². The molecule has 0 aromatic heterocycles. The Morgan fingerprint density at radius 2 is 1.64 bits per heavy atom. The molecule has 1 aromatic rings. The highest BCUT2D eigenvalue weighted by molar-refractivity contribution is 7.89. The molecule has 1 aliphatic heterocycles. The number of rotatable bonds is 5. The normalized spacial score (nSPS) is 16.1. The predicted octanol–water partition coefficient (Wildman–Crippen LogP) is 1.52. The molecule has 138 valence electrons. The van der Waals surface area contributed by atoms with Crippen LogP contribution in [0.15, 0.2) is 29.2 Å². The van der Waals surface area contributed by atoms with Crippen molar-refractivity contribution in [3.63, 3.8) is 0 Å². The zero-order chi connectivity index (χ0) is 18.6. The molecule has 0 unspecified atom stereocenters. The zero-order valence-corrected chi connectivity index (χ0v) is 15.7. The molecule has 2 amide bonds. The second kappa shape index (κ2) is 7.97. The number of hydrogen-bond acceptors (Lipinski definition) is 4. The van der Waals surface area contributed by atoms with E-state index in [1.165, 1.54) is 23.4 Å². The number of piperazine rings is 1. The molecule has 1 aliphatic rings. The van der Waals surface area contributed by atoms with E-state index in [2.05, 4.69) is 5.32 Å². The van der Waals surface area contributed by atoms with Crippen molar-refractivity contribution in [3.8, 4) is 0 Å². The maximum Gasteiger partial charge on any atom is 0.243 e. The van der Waals surface area contributed by atoms with Gasteiger partial charge in [-0.05, 0) is 30.2 Å². The van der Waals surface area contributed by atoms with Crippen LogP contribution in [0.5, 0.6) is 0 Å². The van der Waals surface area contributed by atoms with Gasteiger partial charge in [-0.3, -0.25) is 9.59 Å². The first kappa shape index (κ1) is 19.4. The van der Waals surface area contributed by atoms with Gasteiger partial charge in [-0.1, -0.05) is 13.8 Å². The molecule has 7 nitrogen and oxygen atoms in total. The summed E-state index contributed by atoms with van der Waals surface area (Å²) in [5, 5.41) is 2.61. The van der Waals surface area contributed by atoms with Crippen LogP contribution in [0.4, 0.5) is 5.69 Å². The number of carbonyl (C=O) groups excluding carboxylic acids is 2. The molecule has 25 heavy (non-hydrogen) atoms. The first-order chi connectivity index (χ1) is 11.7.